The van der Waals surface area contributed by atoms with Gasteiger partial charge in [-0.15, -0.1) is 0 Å². The maximum atomic E-state index is 13.7. The molecular formula is C13H14F4O2. The molecule has 0 aliphatic carbocycles. The summed E-state index contributed by atoms with van der Waals surface area (Å²) in [5.74, 6) is -3.32. The Hall–Kier alpha value is -1.43. The lowest BCUT2D eigenvalue weighted by Crippen LogP contribution is -2.53. The van der Waals surface area contributed by atoms with E-state index in [0.29, 0.717) is 0 Å². The molecule has 0 amide bonds. The second-order valence-corrected chi connectivity index (χ2v) is 4.38. The molecule has 0 fully saturated rings. The molecule has 0 heterocycles. The molecule has 0 aliphatic rings. The number of methoxy groups -OCH3 is 1. The summed E-state index contributed by atoms with van der Waals surface area (Å²) in [5.41, 5.74) is -4.09. The predicted octanol–water partition coefficient (Wildman–Crippen LogP) is 3.45. The molecule has 0 saturated heterocycles. The van der Waals surface area contributed by atoms with Crippen LogP contribution in [0.15, 0.2) is 24.3 Å². The van der Waals surface area contributed by atoms with E-state index in [4.69, 9.17) is 0 Å². The number of carbonyl (C=O) groups is 1. The summed E-state index contributed by atoms with van der Waals surface area (Å²) in [7, 11) is 0.750. The molecule has 6 heteroatoms. The number of hydrogen-bond acceptors (Lipinski definition) is 2. The number of carbonyl (C=O) groups excluding carboxylic acids is 1. The van der Waals surface area contributed by atoms with Gasteiger partial charge in [0.2, 0.25) is 5.60 Å². The molecule has 19 heavy (non-hydrogen) atoms. The fourth-order valence-corrected chi connectivity index (χ4v) is 1.90. The molecule has 0 saturated carbocycles. The van der Waals surface area contributed by atoms with Gasteiger partial charge in [-0.25, -0.2) is 4.39 Å². The van der Waals surface area contributed by atoms with E-state index in [0.717, 1.165) is 19.2 Å². The highest BCUT2D eigenvalue weighted by molar-refractivity contribution is 5.91. The molecule has 1 aromatic carbocycles. The van der Waals surface area contributed by atoms with Crippen molar-refractivity contribution < 1.29 is 27.1 Å². The SMILES string of the molecule is CO[C@](C(=O)C(C)C)(c1ccccc1F)C(F)(F)F. The van der Waals surface area contributed by atoms with Crippen LogP contribution in [0.2, 0.25) is 0 Å². The number of rotatable bonds is 4. The maximum absolute atomic E-state index is 13.7. The van der Waals surface area contributed by atoms with E-state index in [9.17, 15) is 22.4 Å². The Morgan fingerprint density at radius 3 is 2.11 bits per heavy atom. The molecule has 0 unspecified atom stereocenters. The van der Waals surface area contributed by atoms with Crippen LogP contribution >= 0.6 is 0 Å². The van der Waals surface area contributed by atoms with Crippen molar-refractivity contribution >= 4 is 5.78 Å². The van der Waals surface area contributed by atoms with E-state index in [1.165, 1.54) is 26.0 Å². The Labute approximate surface area is 108 Å². The molecule has 0 aromatic heterocycles. The lowest BCUT2D eigenvalue weighted by Gasteiger charge is -2.34. The van der Waals surface area contributed by atoms with Crippen LogP contribution in [0, 0.1) is 11.7 Å². The first-order valence-corrected chi connectivity index (χ1v) is 5.59. The third-order valence-corrected chi connectivity index (χ3v) is 2.83. The van der Waals surface area contributed by atoms with E-state index < -0.39 is 34.9 Å². The van der Waals surface area contributed by atoms with Crippen molar-refractivity contribution in [3.63, 3.8) is 0 Å². The summed E-state index contributed by atoms with van der Waals surface area (Å²) in [6.45, 7) is 2.62. The van der Waals surface area contributed by atoms with E-state index in [1.54, 1.807) is 0 Å². The van der Waals surface area contributed by atoms with Gasteiger partial charge in [0.1, 0.15) is 5.82 Å². The second kappa shape index (κ2) is 5.28. The van der Waals surface area contributed by atoms with Gasteiger partial charge >= 0.3 is 6.18 Å². The van der Waals surface area contributed by atoms with Gasteiger partial charge in [-0.2, -0.15) is 13.2 Å². The first kappa shape index (κ1) is 15.6. The largest absolute Gasteiger partial charge is 0.429 e. The highest BCUT2D eigenvalue weighted by atomic mass is 19.4. The minimum absolute atomic E-state index is 0.750. The van der Waals surface area contributed by atoms with Gasteiger partial charge in [0.25, 0.3) is 0 Å². The molecule has 0 N–H and O–H groups in total. The van der Waals surface area contributed by atoms with Crippen molar-refractivity contribution in [2.24, 2.45) is 5.92 Å². The molecule has 1 aromatic rings. The highest BCUT2D eigenvalue weighted by Crippen LogP contribution is 2.44. The lowest BCUT2D eigenvalue weighted by atomic mass is 9.83. The van der Waals surface area contributed by atoms with Crippen LogP contribution in [0.25, 0.3) is 0 Å². The van der Waals surface area contributed by atoms with Crippen molar-refractivity contribution in [3.8, 4) is 0 Å². The van der Waals surface area contributed by atoms with E-state index >= 15 is 0 Å². The first-order valence-electron chi connectivity index (χ1n) is 5.59. The number of alkyl halides is 3. The third kappa shape index (κ3) is 2.49. The van der Waals surface area contributed by atoms with Crippen LogP contribution in [-0.2, 0) is 15.1 Å². The summed E-state index contributed by atoms with van der Waals surface area (Å²) in [5, 5.41) is 0. The summed E-state index contributed by atoms with van der Waals surface area (Å²) in [6.07, 6.45) is -5.05. The standard InChI is InChI=1S/C13H14F4O2/c1-8(2)11(18)12(19-3,13(15,16)17)9-6-4-5-7-10(9)14/h4-8H,1-3H3/t12-/m0/s1. The second-order valence-electron chi connectivity index (χ2n) is 4.38. The number of ketones is 1. The van der Waals surface area contributed by atoms with Crippen LogP contribution in [0.3, 0.4) is 0 Å². The van der Waals surface area contributed by atoms with Gasteiger partial charge in [-0.1, -0.05) is 32.0 Å². The highest BCUT2D eigenvalue weighted by Gasteiger charge is 2.63. The van der Waals surface area contributed by atoms with Crippen LogP contribution in [0.4, 0.5) is 17.6 Å². The van der Waals surface area contributed by atoms with Gasteiger partial charge in [0, 0.05) is 18.6 Å². The Bertz CT molecular complexity index is 468. The smallest absolute Gasteiger partial charge is 0.358 e. The van der Waals surface area contributed by atoms with Crippen LogP contribution < -0.4 is 0 Å². The molecule has 0 aliphatic heterocycles. The quantitative estimate of drug-likeness (QED) is 0.788. The van der Waals surface area contributed by atoms with Crippen LogP contribution in [0.5, 0.6) is 0 Å². The van der Waals surface area contributed by atoms with Gasteiger partial charge < -0.3 is 4.74 Å². The van der Waals surface area contributed by atoms with E-state index in [-0.39, 0.29) is 0 Å². The Kier molecular flexibility index (Phi) is 4.35. The molecule has 0 spiro atoms. The van der Waals surface area contributed by atoms with Gasteiger partial charge in [0.05, 0.1) is 0 Å². The zero-order chi connectivity index (χ0) is 14.8. The summed E-state index contributed by atoms with van der Waals surface area (Å²) >= 11 is 0. The monoisotopic (exact) mass is 278 g/mol. The maximum Gasteiger partial charge on any atom is 0.429 e. The molecule has 0 radical (unpaired) electrons. The van der Waals surface area contributed by atoms with Crippen LogP contribution in [0.1, 0.15) is 19.4 Å². The number of ether oxygens (including phenoxy) is 1. The summed E-state index contributed by atoms with van der Waals surface area (Å²) in [4.78, 5) is 12.0. The third-order valence-electron chi connectivity index (χ3n) is 2.83. The molecule has 0 bridgehead atoms. The molecule has 1 atom stereocenters. The normalized spacial score (nSPS) is 15.4. The zero-order valence-corrected chi connectivity index (χ0v) is 10.7. The summed E-state index contributed by atoms with van der Waals surface area (Å²) < 4.78 is 58.2. The van der Waals surface area contributed by atoms with Crippen molar-refractivity contribution in [2.45, 2.75) is 25.6 Å². The van der Waals surface area contributed by atoms with E-state index in [2.05, 4.69) is 4.74 Å². The predicted molar refractivity (Wildman–Crippen MR) is 61.0 cm³/mol. The minimum atomic E-state index is -5.05. The van der Waals surface area contributed by atoms with Gasteiger partial charge in [0.15, 0.2) is 5.78 Å². The molecule has 106 valence electrons. The number of benzene rings is 1. The van der Waals surface area contributed by atoms with Crippen molar-refractivity contribution in [2.75, 3.05) is 7.11 Å². The average molecular weight is 278 g/mol. The Morgan fingerprint density at radius 2 is 1.74 bits per heavy atom. The topological polar surface area (TPSA) is 26.3 Å². The number of halogens is 4. The van der Waals surface area contributed by atoms with Gasteiger partial charge in [-0.3, -0.25) is 4.79 Å². The van der Waals surface area contributed by atoms with Crippen molar-refractivity contribution in [3.05, 3.63) is 35.6 Å². The first-order chi connectivity index (χ1) is 8.68. The average Bonchev–Trinajstić information content (AvgIpc) is 2.30. The molecular weight excluding hydrogens is 264 g/mol. The molecule has 1 rings (SSSR count). The Balaban J connectivity index is 3.60. The zero-order valence-electron chi connectivity index (χ0n) is 10.7. The minimum Gasteiger partial charge on any atom is -0.358 e. The van der Waals surface area contributed by atoms with Crippen molar-refractivity contribution in [1.29, 1.82) is 0 Å². The van der Waals surface area contributed by atoms with Gasteiger partial charge in [-0.05, 0) is 6.07 Å². The lowest BCUT2D eigenvalue weighted by molar-refractivity contribution is -0.267. The fourth-order valence-electron chi connectivity index (χ4n) is 1.90. The number of Topliss-reactive ketones (excluding diaryl/α,β-unsaturated/α-hetero) is 1. The molecule has 2 nitrogen and oxygen atoms in total. The van der Waals surface area contributed by atoms with Crippen LogP contribution in [-0.4, -0.2) is 19.1 Å². The Morgan fingerprint density at radius 1 is 1.21 bits per heavy atom. The summed E-state index contributed by atoms with van der Waals surface area (Å²) in [6, 6.07) is 4.25. The fraction of sp³-hybridized carbons (Fsp3) is 0.462. The van der Waals surface area contributed by atoms with Crippen molar-refractivity contribution in [1.82, 2.24) is 0 Å². The van der Waals surface area contributed by atoms with E-state index in [1.807, 2.05) is 0 Å². The number of hydrogen-bond donors (Lipinski definition) is 0.